The fourth-order valence-electron chi connectivity index (χ4n) is 1.74. The Hall–Kier alpha value is -1.69. The molecule has 2 heterocycles. The summed E-state index contributed by atoms with van der Waals surface area (Å²) in [4.78, 5) is 21.2. The second kappa shape index (κ2) is 4.44. The van der Waals surface area contributed by atoms with Crippen LogP contribution < -0.4 is 10.2 Å². The van der Waals surface area contributed by atoms with Crippen LogP contribution in [0.15, 0.2) is 12.3 Å². The fraction of sp³-hybridized carbons (Fsp3) is 0.500. The Bertz CT molecular complexity index is 396. The average Bonchev–Trinajstić information content (AvgIpc) is 2.29. The van der Waals surface area contributed by atoms with Gasteiger partial charge in [0.2, 0.25) is 5.95 Å². The molecule has 1 atom stereocenters. The molecule has 16 heavy (non-hydrogen) atoms. The molecule has 86 valence electrons. The number of piperazine rings is 1. The first-order chi connectivity index (χ1) is 7.68. The van der Waals surface area contributed by atoms with E-state index in [-0.39, 0.29) is 0 Å². The monoisotopic (exact) mass is 222 g/mol. The summed E-state index contributed by atoms with van der Waals surface area (Å²) in [6.45, 7) is 3.65. The minimum Gasteiger partial charge on any atom is -0.480 e. The zero-order valence-electron chi connectivity index (χ0n) is 9.05. The number of aliphatic carboxylic acids is 1. The first-order valence-corrected chi connectivity index (χ1v) is 5.18. The van der Waals surface area contributed by atoms with E-state index in [2.05, 4.69) is 15.3 Å². The third-order valence-corrected chi connectivity index (χ3v) is 2.57. The molecule has 0 aliphatic carbocycles. The van der Waals surface area contributed by atoms with E-state index in [9.17, 15) is 4.79 Å². The van der Waals surface area contributed by atoms with Crippen LogP contribution in [0, 0.1) is 6.92 Å². The summed E-state index contributed by atoms with van der Waals surface area (Å²) in [5.74, 6) is -0.355. The molecule has 1 aromatic heterocycles. The van der Waals surface area contributed by atoms with Crippen LogP contribution in [0.1, 0.15) is 5.69 Å². The van der Waals surface area contributed by atoms with Crippen LogP contribution in [-0.2, 0) is 4.79 Å². The van der Waals surface area contributed by atoms with Gasteiger partial charge in [-0.25, -0.2) is 14.8 Å². The Balaban J connectivity index is 2.26. The molecule has 0 bridgehead atoms. The molecular formula is C10H14N4O2. The molecule has 1 aromatic rings. The molecule has 2 rings (SSSR count). The van der Waals surface area contributed by atoms with Crippen LogP contribution in [0.4, 0.5) is 5.95 Å². The maximum absolute atomic E-state index is 11.1. The summed E-state index contributed by atoms with van der Waals surface area (Å²) in [7, 11) is 0. The molecule has 2 N–H and O–H groups in total. The summed E-state index contributed by atoms with van der Waals surface area (Å²) in [5, 5.41) is 12.2. The highest BCUT2D eigenvalue weighted by Crippen LogP contribution is 2.13. The van der Waals surface area contributed by atoms with Crippen molar-refractivity contribution in [2.45, 2.75) is 13.0 Å². The van der Waals surface area contributed by atoms with Crippen molar-refractivity contribution >= 4 is 11.9 Å². The molecular weight excluding hydrogens is 208 g/mol. The highest BCUT2D eigenvalue weighted by molar-refractivity contribution is 5.78. The minimum absolute atomic E-state index is 0.423. The molecule has 6 heteroatoms. The number of carboxylic acids is 1. The molecule has 1 aliphatic rings. The van der Waals surface area contributed by atoms with Gasteiger partial charge in [0.1, 0.15) is 6.04 Å². The molecule has 0 spiro atoms. The van der Waals surface area contributed by atoms with Gasteiger partial charge in [0, 0.05) is 31.5 Å². The van der Waals surface area contributed by atoms with Crippen molar-refractivity contribution in [3.05, 3.63) is 18.0 Å². The van der Waals surface area contributed by atoms with Crippen LogP contribution in [0.25, 0.3) is 0 Å². The predicted octanol–water partition coefficient (Wildman–Crippen LogP) is -0.352. The maximum atomic E-state index is 11.1. The van der Waals surface area contributed by atoms with E-state index in [0.717, 1.165) is 12.2 Å². The van der Waals surface area contributed by atoms with Gasteiger partial charge in [-0.05, 0) is 13.0 Å². The van der Waals surface area contributed by atoms with Crippen molar-refractivity contribution in [2.75, 3.05) is 24.5 Å². The third kappa shape index (κ3) is 2.11. The summed E-state index contributed by atoms with van der Waals surface area (Å²) in [6.07, 6.45) is 1.65. The van der Waals surface area contributed by atoms with Gasteiger partial charge in [-0.15, -0.1) is 0 Å². The van der Waals surface area contributed by atoms with E-state index in [0.29, 0.717) is 19.0 Å². The van der Waals surface area contributed by atoms with Crippen molar-refractivity contribution in [1.29, 1.82) is 0 Å². The van der Waals surface area contributed by atoms with E-state index in [4.69, 9.17) is 5.11 Å². The number of nitrogens with zero attached hydrogens (tertiary/aromatic N) is 3. The zero-order valence-corrected chi connectivity index (χ0v) is 9.05. The van der Waals surface area contributed by atoms with Crippen LogP contribution in [-0.4, -0.2) is 46.7 Å². The van der Waals surface area contributed by atoms with Crippen molar-refractivity contribution in [1.82, 2.24) is 15.3 Å². The van der Waals surface area contributed by atoms with Gasteiger partial charge < -0.3 is 15.3 Å². The number of carbonyl (C=O) groups is 1. The molecule has 6 nitrogen and oxygen atoms in total. The SMILES string of the molecule is Cc1ccnc(N2CCNCC2C(=O)O)n1. The second-order valence-electron chi connectivity index (χ2n) is 3.75. The van der Waals surface area contributed by atoms with Gasteiger partial charge in [-0.2, -0.15) is 0 Å². The Morgan fingerprint density at radius 1 is 1.69 bits per heavy atom. The number of hydrogen-bond donors (Lipinski definition) is 2. The maximum Gasteiger partial charge on any atom is 0.327 e. The quantitative estimate of drug-likeness (QED) is 0.712. The van der Waals surface area contributed by atoms with Crippen LogP contribution in [0.2, 0.25) is 0 Å². The number of carboxylic acid groups (broad SMARTS) is 1. The van der Waals surface area contributed by atoms with Gasteiger partial charge in [-0.1, -0.05) is 0 Å². The van der Waals surface area contributed by atoms with Gasteiger partial charge >= 0.3 is 5.97 Å². The lowest BCUT2D eigenvalue weighted by atomic mass is 10.2. The second-order valence-corrected chi connectivity index (χ2v) is 3.75. The number of nitrogens with one attached hydrogen (secondary N) is 1. The Morgan fingerprint density at radius 3 is 3.19 bits per heavy atom. The Kier molecular flexibility index (Phi) is 3.00. The van der Waals surface area contributed by atoms with Gasteiger partial charge in [0.25, 0.3) is 0 Å². The topological polar surface area (TPSA) is 78.4 Å². The first kappa shape index (κ1) is 10.8. The lowest BCUT2D eigenvalue weighted by Gasteiger charge is -2.33. The first-order valence-electron chi connectivity index (χ1n) is 5.18. The van der Waals surface area contributed by atoms with Crippen LogP contribution in [0.5, 0.6) is 0 Å². The third-order valence-electron chi connectivity index (χ3n) is 2.57. The molecule has 0 radical (unpaired) electrons. The number of aromatic nitrogens is 2. The highest BCUT2D eigenvalue weighted by Gasteiger charge is 2.29. The molecule has 1 unspecified atom stereocenters. The Labute approximate surface area is 93.3 Å². The molecule has 0 saturated carbocycles. The van der Waals surface area contributed by atoms with Crippen molar-refractivity contribution in [3.8, 4) is 0 Å². The lowest BCUT2D eigenvalue weighted by Crippen LogP contribution is -2.55. The van der Waals surface area contributed by atoms with Gasteiger partial charge in [0.05, 0.1) is 0 Å². The van der Waals surface area contributed by atoms with E-state index in [1.807, 2.05) is 6.92 Å². The molecule has 1 aliphatic heterocycles. The molecule has 1 fully saturated rings. The lowest BCUT2D eigenvalue weighted by molar-refractivity contribution is -0.138. The number of anilines is 1. The van der Waals surface area contributed by atoms with E-state index in [1.54, 1.807) is 17.2 Å². The molecule has 0 aromatic carbocycles. The number of aryl methyl sites for hydroxylation is 1. The van der Waals surface area contributed by atoms with E-state index in [1.165, 1.54) is 0 Å². The van der Waals surface area contributed by atoms with Crippen molar-refractivity contribution in [2.24, 2.45) is 0 Å². The fourth-order valence-corrected chi connectivity index (χ4v) is 1.74. The summed E-state index contributed by atoms with van der Waals surface area (Å²) in [5.41, 5.74) is 0.840. The van der Waals surface area contributed by atoms with E-state index < -0.39 is 12.0 Å². The van der Waals surface area contributed by atoms with Gasteiger partial charge in [-0.3, -0.25) is 0 Å². The average molecular weight is 222 g/mol. The number of rotatable bonds is 2. The van der Waals surface area contributed by atoms with Crippen LogP contribution in [0.3, 0.4) is 0 Å². The predicted molar refractivity (Wildman–Crippen MR) is 58.4 cm³/mol. The van der Waals surface area contributed by atoms with Gasteiger partial charge in [0.15, 0.2) is 0 Å². The van der Waals surface area contributed by atoms with E-state index >= 15 is 0 Å². The number of hydrogen-bond acceptors (Lipinski definition) is 5. The molecule has 1 saturated heterocycles. The smallest absolute Gasteiger partial charge is 0.327 e. The van der Waals surface area contributed by atoms with Crippen molar-refractivity contribution in [3.63, 3.8) is 0 Å². The zero-order chi connectivity index (χ0) is 11.5. The van der Waals surface area contributed by atoms with Crippen LogP contribution >= 0.6 is 0 Å². The summed E-state index contributed by atoms with van der Waals surface area (Å²) < 4.78 is 0. The molecule has 0 amide bonds. The standard InChI is InChI=1S/C10H14N4O2/c1-7-2-3-12-10(13-7)14-5-4-11-6-8(14)9(15)16/h2-3,8,11H,4-6H2,1H3,(H,15,16). The Morgan fingerprint density at radius 2 is 2.50 bits per heavy atom. The minimum atomic E-state index is -0.850. The van der Waals surface area contributed by atoms with Crippen molar-refractivity contribution < 1.29 is 9.90 Å². The highest BCUT2D eigenvalue weighted by atomic mass is 16.4. The summed E-state index contributed by atoms with van der Waals surface area (Å²) >= 11 is 0. The normalized spacial score (nSPS) is 20.8. The summed E-state index contributed by atoms with van der Waals surface area (Å²) in [6, 6.07) is 1.21. The largest absolute Gasteiger partial charge is 0.480 e.